The van der Waals surface area contributed by atoms with Crippen molar-refractivity contribution in [2.24, 2.45) is 0 Å². The molecule has 0 aliphatic carbocycles. The Morgan fingerprint density at radius 3 is 2.17 bits per heavy atom. The number of benzene rings is 1. The minimum atomic E-state index is 0.332. The standard InChI is InChI=1S/C10H16NSi/c1-3-11(4-2)12-10-8-6-5-7-9-10/h5-9,12H,3-4H2,1-2H3/q-1. The van der Waals surface area contributed by atoms with Crippen molar-refractivity contribution in [2.75, 3.05) is 13.1 Å². The minimum Gasteiger partial charge on any atom is -0.458 e. The van der Waals surface area contributed by atoms with Gasteiger partial charge >= 0.3 is 0 Å². The lowest BCUT2D eigenvalue weighted by Gasteiger charge is -2.30. The molecule has 0 aromatic heterocycles. The maximum Gasteiger partial charge on any atom is -0.0366 e. The van der Waals surface area contributed by atoms with Gasteiger partial charge in [0.25, 0.3) is 0 Å². The second kappa shape index (κ2) is 5.12. The lowest BCUT2D eigenvalue weighted by atomic mass is 10.4. The summed E-state index contributed by atoms with van der Waals surface area (Å²) in [6, 6.07) is 10.7. The molecule has 0 N–H and O–H groups in total. The van der Waals surface area contributed by atoms with Crippen LogP contribution in [0.2, 0.25) is 0 Å². The van der Waals surface area contributed by atoms with Crippen molar-refractivity contribution in [3.05, 3.63) is 30.3 Å². The first-order chi connectivity index (χ1) is 5.86. The van der Waals surface area contributed by atoms with E-state index in [1.54, 1.807) is 0 Å². The first-order valence-corrected chi connectivity index (χ1v) is 5.60. The summed E-state index contributed by atoms with van der Waals surface area (Å²) in [6.07, 6.45) is 0. The Morgan fingerprint density at radius 2 is 1.67 bits per heavy atom. The molecule has 1 aromatic rings. The van der Waals surface area contributed by atoms with E-state index >= 15 is 0 Å². The number of hydrogen-bond donors (Lipinski definition) is 0. The van der Waals surface area contributed by atoms with Crippen molar-refractivity contribution in [1.29, 1.82) is 0 Å². The molecule has 0 heterocycles. The van der Waals surface area contributed by atoms with Crippen LogP contribution in [-0.2, 0) is 0 Å². The van der Waals surface area contributed by atoms with Crippen molar-refractivity contribution in [3.8, 4) is 0 Å². The second-order valence-corrected chi connectivity index (χ2v) is 4.42. The van der Waals surface area contributed by atoms with E-state index in [0.717, 1.165) is 0 Å². The molecule has 0 amide bonds. The van der Waals surface area contributed by atoms with Crippen LogP contribution in [0.15, 0.2) is 30.3 Å². The fraction of sp³-hybridized carbons (Fsp3) is 0.400. The van der Waals surface area contributed by atoms with E-state index in [4.69, 9.17) is 0 Å². The normalized spacial score (nSPS) is 10.2. The molecule has 0 saturated carbocycles. The molecule has 12 heavy (non-hydrogen) atoms. The van der Waals surface area contributed by atoms with Crippen molar-refractivity contribution < 1.29 is 0 Å². The monoisotopic (exact) mass is 178 g/mol. The molecular weight excluding hydrogens is 162 g/mol. The molecule has 0 fully saturated rings. The SMILES string of the molecule is CCN(CC)[SiH-]c1ccccc1. The molecule has 0 bridgehead atoms. The predicted octanol–water partition coefficient (Wildman–Crippen LogP) is 1.01. The van der Waals surface area contributed by atoms with Crippen molar-refractivity contribution in [2.45, 2.75) is 13.8 Å². The molecule has 1 aromatic carbocycles. The van der Waals surface area contributed by atoms with Crippen LogP contribution >= 0.6 is 0 Å². The van der Waals surface area contributed by atoms with Crippen LogP contribution in [-0.4, -0.2) is 27.3 Å². The summed E-state index contributed by atoms with van der Waals surface area (Å²) >= 11 is 0. The van der Waals surface area contributed by atoms with Crippen molar-refractivity contribution in [3.63, 3.8) is 0 Å². The average Bonchev–Trinajstić information content (AvgIpc) is 2.16. The predicted molar refractivity (Wildman–Crippen MR) is 56.1 cm³/mol. The van der Waals surface area contributed by atoms with E-state index in [0.29, 0.717) is 9.68 Å². The third-order valence-corrected chi connectivity index (χ3v) is 3.72. The molecular formula is C10H16NSi-. The zero-order chi connectivity index (χ0) is 8.81. The van der Waals surface area contributed by atoms with E-state index in [1.807, 2.05) is 0 Å². The molecule has 0 radical (unpaired) electrons. The summed E-state index contributed by atoms with van der Waals surface area (Å²) in [5.41, 5.74) is 0. The van der Waals surface area contributed by atoms with E-state index in [9.17, 15) is 0 Å². The zero-order valence-corrected chi connectivity index (χ0v) is 8.98. The topological polar surface area (TPSA) is 3.24 Å². The Morgan fingerprint density at radius 1 is 1.08 bits per heavy atom. The van der Waals surface area contributed by atoms with E-state index in [2.05, 4.69) is 48.7 Å². The molecule has 0 atom stereocenters. The molecule has 66 valence electrons. The van der Waals surface area contributed by atoms with Crippen LogP contribution in [0.4, 0.5) is 0 Å². The Labute approximate surface area is 77.3 Å². The van der Waals surface area contributed by atoms with Gasteiger partial charge in [-0.3, -0.25) is 0 Å². The van der Waals surface area contributed by atoms with E-state index in [1.165, 1.54) is 18.3 Å². The summed E-state index contributed by atoms with van der Waals surface area (Å²) in [5.74, 6) is 0. The maximum absolute atomic E-state index is 2.50. The summed E-state index contributed by atoms with van der Waals surface area (Å²) in [4.78, 5) is 0. The van der Waals surface area contributed by atoms with Crippen LogP contribution in [0.1, 0.15) is 13.8 Å². The molecule has 1 nitrogen and oxygen atoms in total. The van der Waals surface area contributed by atoms with Gasteiger partial charge in [-0.15, -0.1) is 0 Å². The summed E-state index contributed by atoms with van der Waals surface area (Å²) in [7, 11) is 0.332. The van der Waals surface area contributed by atoms with Gasteiger partial charge < -0.3 is 4.57 Å². The fourth-order valence-corrected chi connectivity index (χ4v) is 2.34. The molecule has 0 aliphatic rings. The maximum atomic E-state index is 2.50. The first kappa shape index (κ1) is 9.48. The molecule has 2 heteroatoms. The largest absolute Gasteiger partial charge is 0.458 e. The van der Waals surface area contributed by atoms with Crippen molar-refractivity contribution >= 4 is 14.9 Å². The summed E-state index contributed by atoms with van der Waals surface area (Å²) in [5, 5.41) is 1.49. The van der Waals surface area contributed by atoms with Gasteiger partial charge in [0, 0.05) is 0 Å². The number of rotatable bonds is 4. The van der Waals surface area contributed by atoms with Crippen LogP contribution in [0, 0.1) is 0 Å². The first-order valence-electron chi connectivity index (χ1n) is 4.50. The Kier molecular flexibility index (Phi) is 4.04. The third-order valence-electron chi connectivity index (χ3n) is 1.94. The van der Waals surface area contributed by atoms with Gasteiger partial charge in [0.1, 0.15) is 0 Å². The molecule has 1 rings (SSSR count). The summed E-state index contributed by atoms with van der Waals surface area (Å²) in [6.45, 7) is 6.78. The fourth-order valence-electron chi connectivity index (χ4n) is 1.16. The summed E-state index contributed by atoms with van der Waals surface area (Å²) < 4.78 is 2.50. The Bertz CT molecular complexity index is 206. The van der Waals surface area contributed by atoms with Crippen molar-refractivity contribution in [1.82, 2.24) is 4.57 Å². The lowest BCUT2D eigenvalue weighted by Crippen LogP contribution is -2.35. The minimum absolute atomic E-state index is 0.332. The van der Waals surface area contributed by atoms with Gasteiger partial charge in [-0.25, -0.2) is 9.68 Å². The molecule has 0 saturated heterocycles. The smallest absolute Gasteiger partial charge is 0.0366 e. The van der Waals surface area contributed by atoms with E-state index in [-0.39, 0.29) is 0 Å². The lowest BCUT2D eigenvalue weighted by molar-refractivity contribution is 0.498. The second-order valence-electron chi connectivity index (χ2n) is 2.76. The van der Waals surface area contributed by atoms with Crippen LogP contribution < -0.4 is 5.19 Å². The highest BCUT2D eigenvalue weighted by molar-refractivity contribution is 6.50. The van der Waals surface area contributed by atoms with E-state index < -0.39 is 0 Å². The van der Waals surface area contributed by atoms with Gasteiger partial charge in [0.2, 0.25) is 0 Å². The van der Waals surface area contributed by atoms with Gasteiger partial charge in [-0.2, -0.15) is 5.19 Å². The zero-order valence-electron chi connectivity index (χ0n) is 7.83. The number of hydrogen-bond acceptors (Lipinski definition) is 1. The van der Waals surface area contributed by atoms with Gasteiger partial charge in [0.05, 0.1) is 0 Å². The van der Waals surface area contributed by atoms with Gasteiger partial charge in [-0.05, 0) is 13.1 Å². The van der Waals surface area contributed by atoms with Crippen LogP contribution in [0.3, 0.4) is 0 Å². The van der Waals surface area contributed by atoms with Crippen LogP contribution in [0.25, 0.3) is 0 Å². The highest BCUT2D eigenvalue weighted by Gasteiger charge is 1.86. The number of nitrogens with zero attached hydrogens (tertiary/aromatic N) is 1. The Balaban J connectivity index is 2.51. The van der Waals surface area contributed by atoms with Gasteiger partial charge in [0.15, 0.2) is 0 Å². The quantitative estimate of drug-likeness (QED) is 0.622. The van der Waals surface area contributed by atoms with Gasteiger partial charge in [-0.1, -0.05) is 44.2 Å². The molecule has 0 spiro atoms. The molecule has 0 unspecified atom stereocenters. The average molecular weight is 178 g/mol. The third kappa shape index (κ3) is 2.79. The highest BCUT2D eigenvalue weighted by atomic mass is 28.2. The van der Waals surface area contributed by atoms with Crippen LogP contribution in [0.5, 0.6) is 0 Å². The highest BCUT2D eigenvalue weighted by Crippen LogP contribution is 1.86. The molecule has 0 aliphatic heterocycles. The Hall–Kier alpha value is -0.603.